The van der Waals surface area contributed by atoms with Gasteiger partial charge in [-0.05, 0) is 48.2 Å². The Balaban J connectivity index is 1.63. The highest BCUT2D eigenvalue weighted by molar-refractivity contribution is 6.03. The summed E-state index contributed by atoms with van der Waals surface area (Å²) in [5, 5.41) is 17.4. The number of aromatic nitrogens is 2. The van der Waals surface area contributed by atoms with E-state index in [1.165, 1.54) is 12.1 Å². The molecule has 4 rings (SSSR count). The maximum Gasteiger partial charge on any atom is 0.274 e. The highest BCUT2D eigenvalue weighted by Crippen LogP contribution is 2.30. The van der Waals surface area contributed by atoms with Crippen LogP contribution < -0.4 is 16.1 Å². The number of hydrogen-bond donors (Lipinski definition) is 4. The van der Waals surface area contributed by atoms with Crippen molar-refractivity contribution in [3.63, 3.8) is 0 Å². The van der Waals surface area contributed by atoms with Gasteiger partial charge in [0, 0.05) is 31.2 Å². The predicted molar refractivity (Wildman–Crippen MR) is 123 cm³/mol. The van der Waals surface area contributed by atoms with E-state index in [0.29, 0.717) is 40.9 Å². The summed E-state index contributed by atoms with van der Waals surface area (Å²) in [5.74, 6) is -0.682. The van der Waals surface area contributed by atoms with Gasteiger partial charge in [-0.1, -0.05) is 25.3 Å². The van der Waals surface area contributed by atoms with E-state index in [0.717, 1.165) is 32.1 Å². The van der Waals surface area contributed by atoms with Gasteiger partial charge < -0.3 is 15.7 Å². The van der Waals surface area contributed by atoms with Crippen LogP contribution >= 0.6 is 0 Å². The number of pyridine rings is 2. The van der Waals surface area contributed by atoms with E-state index in [2.05, 4.69) is 26.1 Å². The third-order valence-electron chi connectivity index (χ3n) is 5.64. The van der Waals surface area contributed by atoms with Crippen LogP contribution in [0.15, 0.2) is 36.5 Å². The number of nitrogens with one attached hydrogen (secondary N) is 3. The number of hydrogen-bond acceptors (Lipinski definition) is 7. The third kappa shape index (κ3) is 5.74. The molecule has 1 aliphatic rings. The average molecular weight is 454 g/mol. The van der Waals surface area contributed by atoms with Crippen molar-refractivity contribution in [2.75, 3.05) is 18.4 Å². The Labute approximate surface area is 191 Å². The topological polar surface area (TPSA) is 108 Å². The lowest BCUT2D eigenvalue weighted by Gasteiger charge is -2.14. The predicted octanol–water partition coefficient (Wildman–Crippen LogP) is 3.80. The number of amides is 1. The second kappa shape index (κ2) is 11.0. The average Bonchev–Trinajstić information content (AvgIpc) is 2.82. The number of rotatable bonds is 0. The van der Waals surface area contributed by atoms with Crippen LogP contribution in [0.25, 0.3) is 10.9 Å². The number of fused-ring (bicyclic) bond motifs is 5. The molecule has 3 aromatic rings. The maximum atomic E-state index is 13.8. The molecule has 0 aliphatic carbocycles. The zero-order chi connectivity index (χ0) is 23.0. The number of anilines is 1. The Morgan fingerprint density at radius 3 is 2.70 bits per heavy atom. The second-order valence-electron chi connectivity index (χ2n) is 8.03. The van der Waals surface area contributed by atoms with Crippen molar-refractivity contribution < 1.29 is 19.1 Å². The minimum atomic E-state index is -0.546. The van der Waals surface area contributed by atoms with E-state index in [9.17, 15) is 14.3 Å². The van der Waals surface area contributed by atoms with Gasteiger partial charge in [0.05, 0.1) is 6.61 Å². The largest absolute Gasteiger partial charge is 0.504 e. The molecule has 0 fully saturated rings. The highest BCUT2D eigenvalue weighted by atomic mass is 19.1. The number of nitrogens with zero attached hydrogens (tertiary/aromatic N) is 2. The summed E-state index contributed by atoms with van der Waals surface area (Å²) in [6.45, 7) is 1.71. The molecule has 0 saturated carbocycles. The summed E-state index contributed by atoms with van der Waals surface area (Å²) in [7, 11) is 0. The van der Waals surface area contributed by atoms with E-state index >= 15 is 0 Å². The fourth-order valence-electron chi connectivity index (χ4n) is 3.84. The van der Waals surface area contributed by atoms with Gasteiger partial charge in [0.1, 0.15) is 17.2 Å². The van der Waals surface area contributed by atoms with Crippen molar-refractivity contribution in [2.45, 2.75) is 45.3 Å². The summed E-state index contributed by atoms with van der Waals surface area (Å²) in [6, 6.07) is 7.92. The van der Waals surface area contributed by atoms with Crippen molar-refractivity contribution in [3.05, 3.63) is 59.2 Å². The molecule has 1 aliphatic heterocycles. The summed E-state index contributed by atoms with van der Waals surface area (Å²) < 4.78 is 13.8. The van der Waals surface area contributed by atoms with E-state index in [-0.39, 0.29) is 30.4 Å². The van der Waals surface area contributed by atoms with Crippen molar-refractivity contribution in [3.8, 4) is 5.75 Å². The summed E-state index contributed by atoms with van der Waals surface area (Å²) >= 11 is 0. The van der Waals surface area contributed by atoms with Crippen LogP contribution in [0.5, 0.6) is 5.75 Å². The summed E-state index contributed by atoms with van der Waals surface area (Å²) in [4.78, 5) is 27.1. The van der Waals surface area contributed by atoms with Crippen LogP contribution in [-0.4, -0.2) is 34.1 Å². The molecule has 4 N–H and O–H groups in total. The first-order chi connectivity index (χ1) is 16.1. The molecule has 8 nitrogen and oxygen atoms in total. The Kier molecular flexibility index (Phi) is 7.64. The fraction of sp³-hybridized carbons (Fsp3) is 0.375. The Hall–Kier alpha value is -3.30. The van der Waals surface area contributed by atoms with Crippen molar-refractivity contribution in [2.24, 2.45) is 0 Å². The van der Waals surface area contributed by atoms with Gasteiger partial charge in [-0.3, -0.25) is 14.6 Å². The molecule has 33 heavy (non-hydrogen) atoms. The normalized spacial score (nSPS) is 16.6. The lowest BCUT2D eigenvalue weighted by molar-refractivity contribution is 0.0267. The molecule has 0 saturated heterocycles. The standard InChI is InChI=1S/C24H28FN5O3/c25-18-9-8-16-14-28-24(32)21-22(31)20-19(7-6-11-26-20)23(30-21)27-10-4-2-1-3-5-12-29-33-15-17(16)13-18/h6-9,11,13,29,31H,1-5,10,12,14-15H2,(H,27,30)(H,28,32). The van der Waals surface area contributed by atoms with Crippen molar-refractivity contribution in [1.29, 1.82) is 0 Å². The number of carbonyl (C=O) groups excluding carboxylic acids is 1. The fourth-order valence-corrected chi connectivity index (χ4v) is 3.84. The minimum Gasteiger partial charge on any atom is -0.504 e. The van der Waals surface area contributed by atoms with Crippen LogP contribution in [0.1, 0.15) is 53.7 Å². The molecule has 1 aromatic carbocycles. The molecule has 0 radical (unpaired) electrons. The Morgan fingerprint density at radius 1 is 1.00 bits per heavy atom. The zero-order valence-corrected chi connectivity index (χ0v) is 18.4. The van der Waals surface area contributed by atoms with Crippen LogP contribution in [0.4, 0.5) is 10.2 Å². The number of hydroxylamine groups is 1. The minimum absolute atomic E-state index is 0.108. The SMILES string of the molecule is O=C1NCc2ccc(F)cc2CONCCCCCCCNc2nc1c(O)c1ncccc21. The van der Waals surface area contributed by atoms with Gasteiger partial charge >= 0.3 is 0 Å². The molecular formula is C24H28FN5O3. The van der Waals surface area contributed by atoms with E-state index < -0.39 is 5.91 Å². The molecule has 0 unspecified atom stereocenters. The van der Waals surface area contributed by atoms with Gasteiger partial charge in [0.15, 0.2) is 11.4 Å². The van der Waals surface area contributed by atoms with Crippen LogP contribution in [0.3, 0.4) is 0 Å². The zero-order valence-electron chi connectivity index (χ0n) is 18.4. The number of carbonyl (C=O) groups is 1. The van der Waals surface area contributed by atoms with Crippen molar-refractivity contribution in [1.82, 2.24) is 20.8 Å². The molecular weight excluding hydrogens is 425 g/mol. The van der Waals surface area contributed by atoms with Gasteiger partial charge in [-0.25, -0.2) is 14.9 Å². The van der Waals surface area contributed by atoms with Gasteiger partial charge in [0.2, 0.25) is 0 Å². The molecule has 2 bridgehead atoms. The smallest absolute Gasteiger partial charge is 0.274 e. The third-order valence-corrected chi connectivity index (χ3v) is 5.64. The lowest BCUT2D eigenvalue weighted by Crippen LogP contribution is -2.25. The number of halogens is 1. The highest BCUT2D eigenvalue weighted by Gasteiger charge is 2.20. The molecule has 2 aromatic heterocycles. The van der Waals surface area contributed by atoms with Gasteiger partial charge in [-0.15, -0.1) is 0 Å². The Bertz CT molecular complexity index is 1120. The summed E-state index contributed by atoms with van der Waals surface area (Å²) in [6.07, 6.45) is 6.73. The van der Waals surface area contributed by atoms with Crippen LogP contribution in [0.2, 0.25) is 0 Å². The quantitative estimate of drug-likeness (QED) is 0.410. The second-order valence-corrected chi connectivity index (χ2v) is 8.03. The van der Waals surface area contributed by atoms with E-state index in [1.54, 1.807) is 18.3 Å². The number of aromatic hydroxyl groups is 1. The van der Waals surface area contributed by atoms with Crippen LogP contribution in [0, 0.1) is 5.82 Å². The number of benzene rings is 1. The molecule has 0 atom stereocenters. The summed E-state index contributed by atoms with van der Waals surface area (Å²) in [5.41, 5.74) is 4.47. The van der Waals surface area contributed by atoms with Gasteiger partial charge in [0.25, 0.3) is 5.91 Å². The molecule has 0 spiro atoms. The van der Waals surface area contributed by atoms with Crippen molar-refractivity contribution >= 4 is 22.6 Å². The molecule has 1 amide bonds. The first kappa shape index (κ1) is 22.9. The van der Waals surface area contributed by atoms with E-state index in [1.807, 2.05) is 6.07 Å². The van der Waals surface area contributed by atoms with Crippen LogP contribution in [-0.2, 0) is 18.0 Å². The first-order valence-electron chi connectivity index (χ1n) is 11.2. The lowest BCUT2D eigenvalue weighted by atomic mass is 10.1. The monoisotopic (exact) mass is 453 g/mol. The van der Waals surface area contributed by atoms with Gasteiger partial charge in [-0.2, -0.15) is 0 Å². The molecule has 3 heterocycles. The molecule has 9 heteroatoms. The first-order valence-corrected chi connectivity index (χ1v) is 11.2. The maximum absolute atomic E-state index is 13.8. The van der Waals surface area contributed by atoms with E-state index in [4.69, 9.17) is 4.84 Å². The molecule has 174 valence electrons. The Morgan fingerprint density at radius 2 is 1.82 bits per heavy atom.